The maximum Gasteiger partial charge on any atom is 0.429 e. The molecule has 0 amide bonds. The van der Waals surface area contributed by atoms with Crippen LogP contribution < -0.4 is 5.43 Å². The van der Waals surface area contributed by atoms with Crippen LogP contribution in [-0.2, 0) is 6.18 Å². The van der Waals surface area contributed by atoms with Crippen molar-refractivity contribution in [3.05, 3.63) is 37.9 Å². The quantitative estimate of drug-likeness (QED) is 0.625. The largest absolute Gasteiger partial charge is 0.429 e. The summed E-state index contributed by atoms with van der Waals surface area (Å²) in [6, 6.07) is 1.49. The molecule has 1 aliphatic heterocycles. The highest BCUT2D eigenvalue weighted by Gasteiger charge is 2.46. The van der Waals surface area contributed by atoms with Crippen LogP contribution in [0.25, 0.3) is 0 Å². The fraction of sp³-hybridized carbons (Fsp3) is 0.571. The molecular formula is C14H17F3N4O4. The molecule has 0 aromatic heterocycles. The molecule has 0 spiro atoms. The highest BCUT2D eigenvalue weighted by atomic mass is 19.4. The predicted octanol–water partition coefficient (Wildman–Crippen LogP) is 4.11. The van der Waals surface area contributed by atoms with Crippen molar-refractivity contribution in [3.63, 3.8) is 0 Å². The van der Waals surface area contributed by atoms with E-state index >= 15 is 0 Å². The first-order valence-corrected chi connectivity index (χ1v) is 7.72. The van der Waals surface area contributed by atoms with Gasteiger partial charge in [-0.15, -0.1) is 0 Å². The Labute approximate surface area is 140 Å². The Morgan fingerprint density at radius 2 is 1.76 bits per heavy atom. The van der Waals surface area contributed by atoms with E-state index in [0.29, 0.717) is 18.7 Å². The number of hydrogen-bond acceptors (Lipinski definition) is 6. The van der Waals surface area contributed by atoms with E-state index in [0.717, 1.165) is 25.7 Å². The van der Waals surface area contributed by atoms with E-state index in [-0.39, 0.29) is 11.7 Å². The maximum absolute atomic E-state index is 13.1. The third kappa shape index (κ3) is 4.16. The van der Waals surface area contributed by atoms with E-state index in [9.17, 15) is 33.4 Å². The number of anilines is 1. The zero-order valence-corrected chi connectivity index (χ0v) is 13.4. The highest BCUT2D eigenvalue weighted by Crippen LogP contribution is 2.44. The van der Waals surface area contributed by atoms with E-state index in [2.05, 4.69) is 5.43 Å². The zero-order valence-electron chi connectivity index (χ0n) is 13.4. The molecule has 0 aliphatic carbocycles. The van der Waals surface area contributed by atoms with Crippen LogP contribution in [0.5, 0.6) is 0 Å². The van der Waals surface area contributed by atoms with E-state index < -0.39 is 33.0 Å². The van der Waals surface area contributed by atoms with Crippen LogP contribution >= 0.6 is 0 Å². The number of rotatable bonds is 5. The summed E-state index contributed by atoms with van der Waals surface area (Å²) in [6.07, 6.45) is -1.70. The number of benzene rings is 1. The second kappa shape index (κ2) is 7.21. The summed E-state index contributed by atoms with van der Waals surface area (Å²) in [4.78, 5) is 19.6. The van der Waals surface area contributed by atoms with Gasteiger partial charge in [-0.05, 0) is 19.3 Å². The average Bonchev–Trinajstić information content (AvgIpc) is 2.53. The lowest BCUT2D eigenvalue weighted by atomic mass is 10.0. The molecule has 1 atom stereocenters. The normalized spacial score (nSPS) is 18.8. The summed E-state index contributed by atoms with van der Waals surface area (Å²) in [5, 5.41) is 23.9. The molecule has 0 bridgehead atoms. The minimum absolute atomic E-state index is 0.105. The van der Waals surface area contributed by atoms with Gasteiger partial charge in [0.05, 0.1) is 15.5 Å². The standard InChI is InChI=1S/C14H17F3N4O4/c1-2-10-5-3-4-6-19(10)18-9-7-11(20(22)23)13(14(15,16)17)12(8-9)21(24)25/h7-8,10,18H,2-6H2,1H3. The van der Waals surface area contributed by atoms with Crippen LogP contribution in [0.3, 0.4) is 0 Å². The van der Waals surface area contributed by atoms with Crippen molar-refractivity contribution in [2.75, 3.05) is 12.0 Å². The Hall–Kier alpha value is -2.43. The Bertz CT molecular complexity index is 646. The van der Waals surface area contributed by atoms with Crippen molar-refractivity contribution in [1.29, 1.82) is 0 Å². The van der Waals surface area contributed by atoms with Gasteiger partial charge >= 0.3 is 6.18 Å². The molecule has 1 aromatic carbocycles. The smallest absolute Gasteiger partial charge is 0.318 e. The SMILES string of the molecule is CCC1CCCCN1Nc1cc([N+](=O)[O-])c(C(F)(F)F)c([N+](=O)[O-])c1. The molecule has 2 rings (SSSR count). The maximum atomic E-state index is 13.1. The Morgan fingerprint density at radius 1 is 1.20 bits per heavy atom. The molecule has 11 heteroatoms. The number of halogens is 3. The van der Waals surface area contributed by atoms with Crippen LogP contribution in [-0.4, -0.2) is 27.4 Å². The second-order valence-electron chi connectivity index (χ2n) is 5.76. The van der Waals surface area contributed by atoms with Gasteiger partial charge in [0.25, 0.3) is 11.4 Å². The molecule has 25 heavy (non-hydrogen) atoms. The third-order valence-electron chi connectivity index (χ3n) is 4.14. The monoisotopic (exact) mass is 362 g/mol. The summed E-state index contributed by atoms with van der Waals surface area (Å²) >= 11 is 0. The first-order chi connectivity index (χ1) is 11.6. The number of nitrogens with zero attached hydrogens (tertiary/aromatic N) is 3. The van der Waals surface area contributed by atoms with Crippen LogP contribution in [0.1, 0.15) is 38.2 Å². The molecule has 1 aliphatic rings. The lowest BCUT2D eigenvalue weighted by Crippen LogP contribution is -2.43. The fourth-order valence-corrected chi connectivity index (χ4v) is 2.99. The molecule has 1 aromatic rings. The first-order valence-electron chi connectivity index (χ1n) is 7.72. The van der Waals surface area contributed by atoms with Crippen LogP contribution in [0.15, 0.2) is 12.1 Å². The van der Waals surface area contributed by atoms with Crippen molar-refractivity contribution < 1.29 is 23.0 Å². The van der Waals surface area contributed by atoms with Crippen molar-refractivity contribution >= 4 is 17.1 Å². The van der Waals surface area contributed by atoms with Gasteiger partial charge in [-0.1, -0.05) is 13.3 Å². The molecule has 1 saturated heterocycles. The summed E-state index contributed by atoms with van der Waals surface area (Å²) < 4.78 is 39.3. The average molecular weight is 362 g/mol. The van der Waals surface area contributed by atoms with Crippen molar-refractivity contribution in [2.24, 2.45) is 0 Å². The minimum Gasteiger partial charge on any atom is -0.318 e. The van der Waals surface area contributed by atoms with Crippen LogP contribution in [0.4, 0.5) is 30.2 Å². The first kappa shape index (κ1) is 18.9. The van der Waals surface area contributed by atoms with Gasteiger partial charge < -0.3 is 5.43 Å². The molecule has 1 heterocycles. The predicted molar refractivity (Wildman–Crippen MR) is 83.0 cm³/mol. The van der Waals surface area contributed by atoms with E-state index in [1.54, 1.807) is 5.01 Å². The topological polar surface area (TPSA) is 102 Å². The summed E-state index contributed by atoms with van der Waals surface area (Å²) in [5.74, 6) is 0. The van der Waals surface area contributed by atoms with Gasteiger partial charge in [-0.25, -0.2) is 5.01 Å². The lowest BCUT2D eigenvalue weighted by Gasteiger charge is -2.35. The molecule has 138 valence electrons. The number of piperidine rings is 1. The van der Waals surface area contributed by atoms with Crippen molar-refractivity contribution in [2.45, 2.75) is 44.8 Å². The van der Waals surface area contributed by atoms with E-state index in [1.807, 2.05) is 6.92 Å². The number of hydrogen-bond donors (Lipinski definition) is 1. The minimum atomic E-state index is -5.21. The number of nitro groups is 2. The van der Waals surface area contributed by atoms with E-state index in [4.69, 9.17) is 0 Å². The molecule has 1 fully saturated rings. The number of hydrazine groups is 1. The summed E-state index contributed by atoms with van der Waals surface area (Å²) in [6.45, 7) is 2.55. The molecule has 1 N–H and O–H groups in total. The zero-order chi connectivity index (χ0) is 18.8. The molecular weight excluding hydrogens is 345 g/mol. The van der Waals surface area contributed by atoms with Crippen LogP contribution in [0, 0.1) is 20.2 Å². The Kier molecular flexibility index (Phi) is 5.45. The molecule has 8 nitrogen and oxygen atoms in total. The number of nitro benzene ring substituents is 2. The van der Waals surface area contributed by atoms with Gasteiger partial charge in [0.15, 0.2) is 0 Å². The van der Waals surface area contributed by atoms with E-state index in [1.165, 1.54) is 0 Å². The molecule has 0 radical (unpaired) electrons. The third-order valence-corrected chi connectivity index (χ3v) is 4.14. The highest BCUT2D eigenvalue weighted by molar-refractivity contribution is 5.65. The van der Waals surface area contributed by atoms with Crippen molar-refractivity contribution in [3.8, 4) is 0 Å². The van der Waals surface area contributed by atoms with Gasteiger partial charge in [0.1, 0.15) is 0 Å². The Balaban J connectivity index is 2.49. The Morgan fingerprint density at radius 3 is 2.20 bits per heavy atom. The molecule has 1 unspecified atom stereocenters. The van der Waals surface area contributed by atoms with Crippen LogP contribution in [0.2, 0.25) is 0 Å². The fourth-order valence-electron chi connectivity index (χ4n) is 2.99. The summed E-state index contributed by atoms with van der Waals surface area (Å²) in [5.41, 5.74) is -1.82. The number of alkyl halides is 3. The second-order valence-corrected chi connectivity index (χ2v) is 5.76. The number of nitrogens with one attached hydrogen (secondary N) is 1. The van der Waals surface area contributed by atoms with Gasteiger partial charge in [0.2, 0.25) is 5.56 Å². The van der Waals surface area contributed by atoms with Gasteiger partial charge in [-0.3, -0.25) is 20.2 Å². The van der Waals surface area contributed by atoms with Gasteiger partial charge in [-0.2, -0.15) is 13.2 Å². The summed E-state index contributed by atoms with van der Waals surface area (Å²) in [7, 11) is 0. The molecule has 0 saturated carbocycles. The lowest BCUT2D eigenvalue weighted by molar-refractivity contribution is -0.399. The van der Waals surface area contributed by atoms with Gasteiger partial charge in [0, 0.05) is 24.7 Å². The van der Waals surface area contributed by atoms with Crippen molar-refractivity contribution in [1.82, 2.24) is 5.01 Å².